The van der Waals surface area contributed by atoms with Gasteiger partial charge in [-0.05, 0) is 30.2 Å². The molecular weight excluding hydrogens is 286 g/mol. The Labute approximate surface area is 121 Å². The number of halogens is 2. The molecule has 1 saturated heterocycles. The van der Waals surface area contributed by atoms with Crippen molar-refractivity contribution in [2.45, 2.75) is 36.4 Å². The molecule has 0 spiro atoms. The van der Waals surface area contributed by atoms with Gasteiger partial charge in [0.25, 0.3) is 0 Å². The summed E-state index contributed by atoms with van der Waals surface area (Å²) in [4.78, 5) is 0. The van der Waals surface area contributed by atoms with Gasteiger partial charge in [-0.1, -0.05) is 6.92 Å². The Morgan fingerprint density at radius 2 is 2.05 bits per heavy atom. The van der Waals surface area contributed by atoms with E-state index < -0.39 is 17.7 Å². The van der Waals surface area contributed by atoms with Crippen LogP contribution < -0.4 is 0 Å². The Kier molecular flexibility index (Phi) is 5.54. The monoisotopic (exact) mass is 304 g/mol. The predicted octanol–water partition coefficient (Wildman–Crippen LogP) is 3.50. The zero-order chi connectivity index (χ0) is 13.8. The predicted molar refractivity (Wildman–Crippen MR) is 78.9 cm³/mol. The fourth-order valence-electron chi connectivity index (χ4n) is 2.34. The van der Waals surface area contributed by atoms with E-state index in [0.717, 1.165) is 30.1 Å². The lowest BCUT2D eigenvalue weighted by molar-refractivity contribution is 0.168. The Morgan fingerprint density at radius 3 is 2.79 bits per heavy atom. The van der Waals surface area contributed by atoms with E-state index in [4.69, 9.17) is 0 Å². The lowest BCUT2D eigenvalue weighted by atomic mass is 10.0. The molecule has 1 aromatic carbocycles. The molecule has 1 aliphatic heterocycles. The molecule has 5 heteroatoms. The van der Waals surface area contributed by atoms with Crippen LogP contribution in [0, 0.1) is 11.6 Å². The van der Waals surface area contributed by atoms with E-state index in [1.54, 1.807) is 11.8 Å². The molecule has 1 aliphatic rings. The van der Waals surface area contributed by atoms with Gasteiger partial charge in [0.15, 0.2) is 0 Å². The van der Waals surface area contributed by atoms with Gasteiger partial charge < -0.3 is 5.11 Å². The molecule has 1 N–H and O–H groups in total. The third-order valence-electron chi connectivity index (χ3n) is 3.31. The number of thioether (sulfide) groups is 2. The van der Waals surface area contributed by atoms with Gasteiger partial charge in [-0.25, -0.2) is 8.78 Å². The molecule has 0 radical (unpaired) electrons. The number of benzene rings is 1. The highest BCUT2D eigenvalue weighted by Gasteiger charge is 2.31. The Balaban J connectivity index is 2.06. The summed E-state index contributed by atoms with van der Waals surface area (Å²) in [5.74, 6) is 1.21. The average molecular weight is 304 g/mol. The van der Waals surface area contributed by atoms with Crippen LogP contribution >= 0.6 is 23.5 Å². The van der Waals surface area contributed by atoms with Crippen molar-refractivity contribution in [2.75, 3.05) is 11.5 Å². The summed E-state index contributed by atoms with van der Waals surface area (Å²) in [6.07, 6.45) is 0.544. The summed E-state index contributed by atoms with van der Waals surface area (Å²) < 4.78 is 26.7. The van der Waals surface area contributed by atoms with Crippen molar-refractivity contribution >= 4 is 23.5 Å². The summed E-state index contributed by atoms with van der Waals surface area (Å²) >= 11 is 3.62. The summed E-state index contributed by atoms with van der Waals surface area (Å²) in [7, 11) is 0. The number of aliphatic hydroxyl groups excluding tert-OH is 1. The minimum atomic E-state index is -0.626. The van der Waals surface area contributed by atoms with Gasteiger partial charge in [0.05, 0.1) is 6.10 Å². The molecule has 1 heterocycles. The van der Waals surface area contributed by atoms with Crippen LogP contribution in [-0.2, 0) is 6.42 Å². The molecule has 1 aromatic rings. The summed E-state index contributed by atoms with van der Waals surface area (Å²) in [5.41, 5.74) is 0.263. The highest BCUT2D eigenvalue weighted by molar-refractivity contribution is 8.07. The van der Waals surface area contributed by atoms with E-state index in [9.17, 15) is 13.9 Å². The van der Waals surface area contributed by atoms with Gasteiger partial charge in [0.1, 0.15) is 11.6 Å². The molecular formula is C14H18F2OS2. The van der Waals surface area contributed by atoms with E-state index in [1.165, 1.54) is 6.07 Å². The van der Waals surface area contributed by atoms with Crippen molar-refractivity contribution in [3.05, 3.63) is 35.4 Å². The normalized spacial score (nSPS) is 25.3. The summed E-state index contributed by atoms with van der Waals surface area (Å²) in [5, 5.41) is 10.8. The summed E-state index contributed by atoms with van der Waals surface area (Å²) in [6.45, 7) is 2.10. The van der Waals surface area contributed by atoms with Crippen LogP contribution in [0.5, 0.6) is 0 Å². The van der Waals surface area contributed by atoms with Crippen molar-refractivity contribution in [3.8, 4) is 0 Å². The highest BCUT2D eigenvalue weighted by atomic mass is 32.2. The van der Waals surface area contributed by atoms with Crippen molar-refractivity contribution in [1.82, 2.24) is 0 Å². The van der Waals surface area contributed by atoms with Gasteiger partial charge in [0, 0.05) is 28.4 Å². The van der Waals surface area contributed by atoms with Crippen molar-refractivity contribution in [3.63, 3.8) is 0 Å². The fourth-order valence-corrected chi connectivity index (χ4v) is 5.48. The van der Waals surface area contributed by atoms with E-state index in [2.05, 4.69) is 6.92 Å². The van der Waals surface area contributed by atoms with Crippen molar-refractivity contribution in [2.24, 2.45) is 0 Å². The molecule has 0 aliphatic carbocycles. The topological polar surface area (TPSA) is 20.2 Å². The number of hydrogen-bond acceptors (Lipinski definition) is 3. The molecule has 3 atom stereocenters. The van der Waals surface area contributed by atoms with Crippen LogP contribution in [0.1, 0.15) is 18.9 Å². The van der Waals surface area contributed by atoms with Gasteiger partial charge >= 0.3 is 0 Å². The molecule has 3 unspecified atom stereocenters. The number of hydrogen-bond donors (Lipinski definition) is 1. The summed E-state index contributed by atoms with van der Waals surface area (Å²) in [6, 6.07) is 3.41. The SMILES string of the molecule is CCC1SCCSC1C(O)Cc1cc(F)ccc1F. The van der Waals surface area contributed by atoms with Crippen LogP contribution in [0.3, 0.4) is 0 Å². The number of aliphatic hydroxyl groups is 1. The van der Waals surface area contributed by atoms with E-state index >= 15 is 0 Å². The highest BCUT2D eigenvalue weighted by Crippen LogP contribution is 2.36. The van der Waals surface area contributed by atoms with Crippen LogP contribution in [0.2, 0.25) is 0 Å². The van der Waals surface area contributed by atoms with Crippen LogP contribution in [0.15, 0.2) is 18.2 Å². The van der Waals surface area contributed by atoms with E-state index in [0.29, 0.717) is 5.25 Å². The van der Waals surface area contributed by atoms with Crippen molar-refractivity contribution in [1.29, 1.82) is 0 Å². The standard InChI is InChI=1S/C14H18F2OS2/c1-2-13-14(19-6-5-18-13)12(17)8-9-7-10(15)3-4-11(9)16/h3-4,7,12-14,17H,2,5-6,8H2,1H3. The lowest BCUT2D eigenvalue weighted by Gasteiger charge is -2.33. The minimum absolute atomic E-state index is 0.103. The van der Waals surface area contributed by atoms with Gasteiger partial charge in [0.2, 0.25) is 0 Å². The molecule has 0 saturated carbocycles. The zero-order valence-corrected chi connectivity index (χ0v) is 12.4. The van der Waals surface area contributed by atoms with Gasteiger partial charge in [-0.3, -0.25) is 0 Å². The number of rotatable bonds is 4. The second-order valence-corrected chi connectivity index (χ2v) is 7.29. The Hall–Kier alpha value is -0.260. The van der Waals surface area contributed by atoms with E-state index in [-0.39, 0.29) is 17.2 Å². The molecule has 0 amide bonds. The van der Waals surface area contributed by atoms with E-state index in [1.807, 2.05) is 11.8 Å². The molecule has 1 fully saturated rings. The second kappa shape index (κ2) is 6.95. The molecule has 106 valence electrons. The quantitative estimate of drug-likeness (QED) is 0.919. The molecule has 2 rings (SSSR count). The maximum Gasteiger partial charge on any atom is 0.126 e. The fraction of sp³-hybridized carbons (Fsp3) is 0.571. The molecule has 0 aromatic heterocycles. The average Bonchev–Trinajstić information content (AvgIpc) is 2.42. The molecule has 1 nitrogen and oxygen atoms in total. The maximum absolute atomic E-state index is 13.6. The van der Waals surface area contributed by atoms with Gasteiger partial charge in [-0.15, -0.1) is 0 Å². The molecule has 19 heavy (non-hydrogen) atoms. The molecule has 0 bridgehead atoms. The zero-order valence-electron chi connectivity index (χ0n) is 10.8. The first-order valence-corrected chi connectivity index (χ1v) is 8.56. The first-order chi connectivity index (χ1) is 9.11. The Morgan fingerprint density at radius 1 is 1.32 bits per heavy atom. The Bertz CT molecular complexity index is 428. The van der Waals surface area contributed by atoms with Gasteiger partial charge in [-0.2, -0.15) is 23.5 Å². The third kappa shape index (κ3) is 3.86. The first-order valence-electron chi connectivity index (χ1n) is 6.47. The van der Waals surface area contributed by atoms with Crippen LogP contribution in [0.25, 0.3) is 0 Å². The largest absolute Gasteiger partial charge is 0.392 e. The van der Waals surface area contributed by atoms with Crippen molar-refractivity contribution < 1.29 is 13.9 Å². The second-order valence-electron chi connectivity index (χ2n) is 4.66. The van der Waals surface area contributed by atoms with Crippen LogP contribution in [0.4, 0.5) is 8.78 Å². The third-order valence-corrected chi connectivity index (χ3v) is 6.70. The minimum Gasteiger partial charge on any atom is -0.392 e. The van der Waals surface area contributed by atoms with Crippen LogP contribution in [-0.4, -0.2) is 33.2 Å². The first kappa shape index (κ1) is 15.1. The lowest BCUT2D eigenvalue weighted by Crippen LogP contribution is -2.37. The maximum atomic E-state index is 13.6. The smallest absolute Gasteiger partial charge is 0.126 e.